The number of thiocarbonyl (C=S) groups is 1. The lowest BCUT2D eigenvalue weighted by molar-refractivity contribution is 0.395. The van der Waals surface area contributed by atoms with Crippen molar-refractivity contribution in [2.45, 2.75) is 31.7 Å². The van der Waals surface area contributed by atoms with Gasteiger partial charge in [-0.2, -0.15) is 0 Å². The fourth-order valence-electron chi connectivity index (χ4n) is 4.27. The van der Waals surface area contributed by atoms with Crippen LogP contribution in [-0.4, -0.2) is 28.1 Å². The van der Waals surface area contributed by atoms with Crippen molar-refractivity contribution in [1.29, 1.82) is 0 Å². The van der Waals surface area contributed by atoms with Crippen molar-refractivity contribution in [1.82, 2.24) is 0 Å². The van der Waals surface area contributed by atoms with Gasteiger partial charge in [0.15, 0.2) is 0 Å². The van der Waals surface area contributed by atoms with E-state index in [1.54, 1.807) is 55.7 Å². The fraction of sp³-hybridized carbons (Fsp3) is 0.214. The zero-order valence-electron chi connectivity index (χ0n) is 19.8. The number of anilines is 1. The Morgan fingerprint density at radius 1 is 1.14 bits per heavy atom. The molecule has 0 bridgehead atoms. The molecule has 7 heteroatoms. The SMILES string of the molecule is C=CC(C)(C)c1cc(C2CC(c3ccc(O)cc3)=NC(=S)N2c2cccc(F)c2)c(OC)cc1O. The Balaban J connectivity index is 1.93. The lowest BCUT2D eigenvalue weighted by Crippen LogP contribution is -2.39. The van der Waals surface area contributed by atoms with Crippen LogP contribution in [0.1, 0.15) is 43.0 Å². The summed E-state index contributed by atoms with van der Waals surface area (Å²) < 4.78 is 19.9. The van der Waals surface area contributed by atoms with Crippen molar-refractivity contribution in [3.05, 3.63) is 95.8 Å². The van der Waals surface area contributed by atoms with Gasteiger partial charge in [-0.3, -0.25) is 0 Å². The maximum absolute atomic E-state index is 14.2. The Hall–Kier alpha value is -3.71. The van der Waals surface area contributed by atoms with E-state index in [1.165, 1.54) is 12.1 Å². The summed E-state index contributed by atoms with van der Waals surface area (Å²) in [6.07, 6.45) is 2.20. The number of ether oxygens (including phenoxy) is 1. The quantitative estimate of drug-likeness (QED) is 0.308. The Kier molecular flexibility index (Phi) is 6.63. The number of methoxy groups -OCH3 is 1. The van der Waals surface area contributed by atoms with Gasteiger partial charge in [0.2, 0.25) is 5.11 Å². The molecule has 0 fully saturated rings. The van der Waals surface area contributed by atoms with E-state index in [1.807, 2.05) is 24.8 Å². The van der Waals surface area contributed by atoms with Gasteiger partial charge >= 0.3 is 0 Å². The average molecular weight is 491 g/mol. The molecule has 1 aliphatic heterocycles. The topological polar surface area (TPSA) is 65.3 Å². The Bertz CT molecular complexity index is 1320. The van der Waals surface area contributed by atoms with Crippen LogP contribution in [0, 0.1) is 5.82 Å². The number of hydrogen-bond acceptors (Lipinski definition) is 4. The third-order valence-corrected chi connectivity index (χ3v) is 6.62. The molecule has 1 unspecified atom stereocenters. The van der Waals surface area contributed by atoms with Crippen LogP contribution in [0.3, 0.4) is 0 Å². The van der Waals surface area contributed by atoms with Crippen molar-refractivity contribution < 1.29 is 19.3 Å². The molecule has 2 N–H and O–H groups in total. The van der Waals surface area contributed by atoms with E-state index < -0.39 is 11.5 Å². The Morgan fingerprint density at radius 3 is 2.49 bits per heavy atom. The van der Waals surface area contributed by atoms with Gasteiger partial charge < -0.3 is 19.8 Å². The maximum atomic E-state index is 14.2. The van der Waals surface area contributed by atoms with E-state index in [-0.39, 0.29) is 22.4 Å². The van der Waals surface area contributed by atoms with Gasteiger partial charge in [0, 0.05) is 34.7 Å². The van der Waals surface area contributed by atoms with E-state index in [2.05, 4.69) is 11.6 Å². The lowest BCUT2D eigenvalue weighted by Gasteiger charge is -2.38. The molecule has 0 saturated carbocycles. The van der Waals surface area contributed by atoms with Crippen molar-refractivity contribution in [2.24, 2.45) is 4.99 Å². The summed E-state index contributed by atoms with van der Waals surface area (Å²) in [5.41, 5.74) is 3.05. The van der Waals surface area contributed by atoms with E-state index >= 15 is 0 Å². The van der Waals surface area contributed by atoms with Crippen LogP contribution >= 0.6 is 12.2 Å². The standard InChI is InChI=1S/C28H27FN2O3S/c1-5-28(2,3)22-14-21(26(34-4)16-25(22)33)24-15-23(17-9-11-20(32)12-10-17)30-27(35)31(24)19-8-6-7-18(29)13-19/h5-14,16,24,32-33H,1,15H2,2-4H3. The van der Waals surface area contributed by atoms with Crippen molar-refractivity contribution >= 4 is 28.7 Å². The highest BCUT2D eigenvalue weighted by atomic mass is 32.1. The molecule has 3 aromatic carbocycles. The fourth-order valence-corrected chi connectivity index (χ4v) is 4.62. The normalized spacial score (nSPS) is 16.1. The van der Waals surface area contributed by atoms with Crippen LogP contribution in [0.2, 0.25) is 0 Å². The molecule has 1 heterocycles. The Labute approximate surface area is 209 Å². The molecular formula is C28H27FN2O3S. The minimum Gasteiger partial charge on any atom is -0.508 e. The molecular weight excluding hydrogens is 463 g/mol. The van der Waals surface area contributed by atoms with E-state index in [0.29, 0.717) is 23.4 Å². The van der Waals surface area contributed by atoms with Crippen molar-refractivity contribution in [3.8, 4) is 17.2 Å². The molecule has 0 aromatic heterocycles. The summed E-state index contributed by atoms with van der Waals surface area (Å²) in [5, 5.41) is 20.8. The third-order valence-electron chi connectivity index (χ3n) is 6.33. The third kappa shape index (κ3) is 4.77. The number of phenolic OH excluding ortho intramolecular Hbond substituents is 2. The zero-order valence-corrected chi connectivity index (χ0v) is 20.6. The molecule has 0 amide bonds. The first-order valence-electron chi connectivity index (χ1n) is 11.2. The summed E-state index contributed by atoms with van der Waals surface area (Å²) in [4.78, 5) is 6.48. The molecule has 4 rings (SSSR count). The highest BCUT2D eigenvalue weighted by Crippen LogP contribution is 2.44. The summed E-state index contributed by atoms with van der Waals surface area (Å²) in [5.74, 6) is 0.344. The van der Waals surface area contributed by atoms with Crippen LogP contribution in [0.5, 0.6) is 17.2 Å². The van der Waals surface area contributed by atoms with Crippen LogP contribution in [0.15, 0.2) is 78.3 Å². The smallest absolute Gasteiger partial charge is 0.200 e. The highest BCUT2D eigenvalue weighted by Gasteiger charge is 2.34. The number of aromatic hydroxyl groups is 2. The first-order valence-corrected chi connectivity index (χ1v) is 11.6. The van der Waals surface area contributed by atoms with Gasteiger partial charge in [-0.05, 0) is 66.3 Å². The van der Waals surface area contributed by atoms with Crippen molar-refractivity contribution in [3.63, 3.8) is 0 Å². The summed E-state index contributed by atoms with van der Waals surface area (Å²) >= 11 is 5.73. The second kappa shape index (κ2) is 9.50. The number of nitrogens with zero attached hydrogens (tertiary/aromatic N) is 2. The van der Waals surface area contributed by atoms with Crippen LogP contribution in [0.25, 0.3) is 0 Å². The van der Waals surface area contributed by atoms with Gasteiger partial charge in [-0.1, -0.05) is 26.0 Å². The molecule has 5 nitrogen and oxygen atoms in total. The largest absolute Gasteiger partial charge is 0.508 e. The van der Waals surface area contributed by atoms with E-state index in [9.17, 15) is 14.6 Å². The molecule has 0 saturated heterocycles. The van der Waals surface area contributed by atoms with Gasteiger partial charge in [-0.25, -0.2) is 9.38 Å². The summed E-state index contributed by atoms with van der Waals surface area (Å²) in [6.45, 7) is 7.85. The van der Waals surface area contributed by atoms with Crippen LogP contribution < -0.4 is 9.64 Å². The number of rotatable bonds is 6. The van der Waals surface area contributed by atoms with Gasteiger partial charge in [0.25, 0.3) is 0 Å². The minimum absolute atomic E-state index is 0.0959. The van der Waals surface area contributed by atoms with Crippen LogP contribution in [-0.2, 0) is 5.41 Å². The average Bonchev–Trinajstić information content (AvgIpc) is 2.83. The predicted molar refractivity (Wildman–Crippen MR) is 141 cm³/mol. The Morgan fingerprint density at radius 2 is 1.86 bits per heavy atom. The first-order chi connectivity index (χ1) is 16.6. The number of hydrogen-bond donors (Lipinski definition) is 2. The highest BCUT2D eigenvalue weighted by molar-refractivity contribution is 7.80. The van der Waals surface area contributed by atoms with E-state index in [0.717, 1.165) is 16.8 Å². The molecule has 1 aliphatic rings. The zero-order chi connectivity index (χ0) is 25.3. The van der Waals surface area contributed by atoms with Gasteiger partial charge in [0.1, 0.15) is 23.1 Å². The first kappa shape index (κ1) is 24.4. The monoisotopic (exact) mass is 490 g/mol. The van der Waals surface area contributed by atoms with Crippen molar-refractivity contribution in [2.75, 3.05) is 12.0 Å². The summed E-state index contributed by atoms with van der Waals surface area (Å²) in [6, 6.07) is 16.1. The minimum atomic E-state index is -0.516. The molecule has 1 atom stereocenters. The second-order valence-electron chi connectivity index (χ2n) is 8.99. The van der Waals surface area contributed by atoms with Gasteiger partial charge in [-0.15, -0.1) is 6.58 Å². The lowest BCUT2D eigenvalue weighted by atomic mass is 9.81. The maximum Gasteiger partial charge on any atom is 0.200 e. The molecule has 180 valence electrons. The molecule has 0 spiro atoms. The number of allylic oxidation sites excluding steroid dienone is 1. The summed E-state index contributed by atoms with van der Waals surface area (Å²) in [7, 11) is 1.54. The van der Waals surface area contributed by atoms with E-state index in [4.69, 9.17) is 17.0 Å². The molecule has 0 radical (unpaired) electrons. The van der Waals surface area contributed by atoms with Gasteiger partial charge in [0.05, 0.1) is 18.9 Å². The second-order valence-corrected chi connectivity index (χ2v) is 9.36. The number of halogens is 1. The molecule has 0 aliphatic carbocycles. The molecule has 3 aromatic rings. The number of benzene rings is 3. The van der Waals surface area contributed by atoms with Crippen LogP contribution in [0.4, 0.5) is 10.1 Å². The number of phenols is 2. The predicted octanol–water partition coefficient (Wildman–Crippen LogP) is 6.43. The number of aliphatic imine (C=N–C) groups is 1. The molecule has 35 heavy (non-hydrogen) atoms.